The molecule has 7 aromatic rings. The molecule has 36 heavy (non-hydrogen) atoms. The fraction of sp³-hybridized carbons (Fsp3) is 0. The van der Waals surface area contributed by atoms with Gasteiger partial charge in [0.1, 0.15) is 17.3 Å². The molecule has 0 amide bonds. The Morgan fingerprint density at radius 3 is 2.28 bits per heavy atom. The first-order chi connectivity index (χ1) is 17.8. The van der Waals surface area contributed by atoms with Gasteiger partial charge in [0.15, 0.2) is 5.58 Å². The molecule has 0 N–H and O–H groups in total. The fourth-order valence-corrected chi connectivity index (χ4v) is 5.16. The van der Waals surface area contributed by atoms with Gasteiger partial charge in [0.2, 0.25) is 0 Å². The van der Waals surface area contributed by atoms with Crippen molar-refractivity contribution in [3.05, 3.63) is 108 Å². The molecular weight excluding hydrogens is 444 g/mol. The molecule has 0 saturated carbocycles. The van der Waals surface area contributed by atoms with E-state index in [4.69, 9.17) is 4.42 Å². The van der Waals surface area contributed by atoms with Crippen LogP contribution >= 0.6 is 0 Å². The van der Waals surface area contributed by atoms with E-state index in [-0.39, 0.29) is 0 Å². The standard InChI is InChI=1S/C31H16N4O/c32-17-19-11-13-22-21-6-1-2-10-27(21)35(28(22)16-19)29-20(18-33)12-14-24-23-7-5-8-25(30(23)36-31(24)29)26-9-3-4-15-34-26/h1-16H. The first-order valence-electron chi connectivity index (χ1n) is 11.5. The lowest BCUT2D eigenvalue weighted by Crippen LogP contribution is -1.98. The maximum atomic E-state index is 10.2. The minimum absolute atomic E-state index is 0.492. The number of pyridine rings is 1. The van der Waals surface area contributed by atoms with Gasteiger partial charge in [-0.2, -0.15) is 10.5 Å². The third-order valence-corrected chi connectivity index (χ3v) is 6.73. The molecule has 0 saturated heterocycles. The van der Waals surface area contributed by atoms with Gasteiger partial charge in [-0.05, 0) is 48.5 Å². The summed E-state index contributed by atoms with van der Waals surface area (Å²) in [5.74, 6) is 0. The van der Waals surface area contributed by atoms with Crippen LogP contribution in [0, 0.1) is 22.7 Å². The van der Waals surface area contributed by atoms with Crippen molar-refractivity contribution < 1.29 is 4.42 Å². The molecule has 3 aromatic heterocycles. The molecule has 0 bridgehead atoms. The normalized spacial score (nSPS) is 11.3. The highest BCUT2D eigenvalue weighted by molar-refractivity contribution is 6.15. The SMILES string of the molecule is N#Cc1ccc2c3ccccc3n(-c3c(C#N)ccc4c3oc3c(-c5ccccn5)cccc34)c2c1. The minimum Gasteiger partial charge on any atom is -0.453 e. The van der Waals surface area contributed by atoms with Crippen LogP contribution in [0.2, 0.25) is 0 Å². The molecule has 0 aliphatic rings. The van der Waals surface area contributed by atoms with Gasteiger partial charge in [0.05, 0.1) is 33.9 Å². The Labute approximate surface area is 205 Å². The summed E-state index contributed by atoms with van der Waals surface area (Å²) in [4.78, 5) is 4.53. The highest BCUT2D eigenvalue weighted by Crippen LogP contribution is 2.41. The van der Waals surface area contributed by atoms with E-state index in [1.165, 1.54) is 0 Å². The molecule has 5 heteroatoms. The average Bonchev–Trinajstić information content (AvgIpc) is 3.48. The van der Waals surface area contributed by atoms with E-state index in [0.717, 1.165) is 49.4 Å². The first kappa shape index (κ1) is 20.0. The van der Waals surface area contributed by atoms with Crippen LogP contribution in [0.3, 0.4) is 0 Å². The monoisotopic (exact) mass is 460 g/mol. The zero-order valence-corrected chi connectivity index (χ0v) is 18.9. The molecular formula is C31H16N4O. The van der Waals surface area contributed by atoms with E-state index in [0.29, 0.717) is 22.4 Å². The summed E-state index contributed by atoms with van der Waals surface area (Å²) in [6.45, 7) is 0. The van der Waals surface area contributed by atoms with Gasteiger partial charge < -0.3 is 8.98 Å². The molecule has 0 unspecified atom stereocenters. The minimum atomic E-state index is 0.492. The second-order valence-corrected chi connectivity index (χ2v) is 8.65. The van der Waals surface area contributed by atoms with E-state index in [1.807, 2.05) is 84.9 Å². The third kappa shape index (κ3) is 2.72. The van der Waals surface area contributed by atoms with Crippen LogP contribution in [-0.4, -0.2) is 9.55 Å². The predicted molar refractivity (Wildman–Crippen MR) is 141 cm³/mol. The van der Waals surface area contributed by atoms with Crippen LogP contribution in [0.25, 0.3) is 60.7 Å². The van der Waals surface area contributed by atoms with Gasteiger partial charge in [-0.3, -0.25) is 4.98 Å². The zero-order chi connectivity index (χ0) is 24.2. The Hall–Kier alpha value is -5.39. The number of hydrogen-bond acceptors (Lipinski definition) is 4. The van der Waals surface area contributed by atoms with Gasteiger partial charge >= 0.3 is 0 Å². The molecule has 7 rings (SSSR count). The maximum Gasteiger partial charge on any atom is 0.160 e. The van der Waals surface area contributed by atoms with Crippen molar-refractivity contribution in [1.29, 1.82) is 10.5 Å². The Morgan fingerprint density at radius 1 is 0.667 bits per heavy atom. The summed E-state index contributed by atoms with van der Waals surface area (Å²) < 4.78 is 8.66. The maximum absolute atomic E-state index is 10.2. The van der Waals surface area contributed by atoms with E-state index < -0.39 is 0 Å². The van der Waals surface area contributed by atoms with Crippen molar-refractivity contribution in [3.63, 3.8) is 0 Å². The number of nitriles is 2. The van der Waals surface area contributed by atoms with Crippen molar-refractivity contribution in [2.75, 3.05) is 0 Å². The van der Waals surface area contributed by atoms with Crippen LogP contribution in [0.15, 0.2) is 102 Å². The number of rotatable bonds is 2. The predicted octanol–water partition coefficient (Wildman–Crippen LogP) is 7.49. The van der Waals surface area contributed by atoms with Gasteiger partial charge in [-0.1, -0.05) is 42.5 Å². The Balaban J connectivity index is 1.67. The summed E-state index contributed by atoms with van der Waals surface area (Å²) in [7, 11) is 0. The van der Waals surface area contributed by atoms with E-state index in [1.54, 1.807) is 6.20 Å². The lowest BCUT2D eigenvalue weighted by molar-refractivity contribution is 0.667. The molecule has 3 heterocycles. The van der Waals surface area contributed by atoms with E-state index >= 15 is 0 Å². The van der Waals surface area contributed by atoms with Gasteiger partial charge in [-0.25, -0.2) is 0 Å². The topological polar surface area (TPSA) is 78.5 Å². The molecule has 166 valence electrons. The van der Waals surface area contributed by atoms with Crippen molar-refractivity contribution in [1.82, 2.24) is 9.55 Å². The highest BCUT2D eigenvalue weighted by atomic mass is 16.3. The number of aromatic nitrogens is 2. The number of hydrogen-bond donors (Lipinski definition) is 0. The first-order valence-corrected chi connectivity index (χ1v) is 11.5. The molecule has 0 atom stereocenters. The number of nitrogens with zero attached hydrogens (tertiary/aromatic N) is 4. The summed E-state index contributed by atoms with van der Waals surface area (Å²) in [5.41, 5.74) is 6.56. The van der Waals surface area contributed by atoms with Crippen LogP contribution in [0.5, 0.6) is 0 Å². The van der Waals surface area contributed by atoms with Crippen molar-refractivity contribution in [2.45, 2.75) is 0 Å². The van der Waals surface area contributed by atoms with Crippen molar-refractivity contribution in [3.8, 4) is 29.1 Å². The smallest absolute Gasteiger partial charge is 0.160 e. The molecule has 0 aliphatic heterocycles. The van der Waals surface area contributed by atoms with Crippen LogP contribution in [-0.2, 0) is 0 Å². The zero-order valence-electron chi connectivity index (χ0n) is 18.9. The molecule has 4 aromatic carbocycles. The Kier molecular flexibility index (Phi) is 4.21. The number of para-hydroxylation sites is 2. The summed E-state index contributed by atoms with van der Waals surface area (Å²) in [6.07, 6.45) is 1.76. The van der Waals surface area contributed by atoms with Crippen molar-refractivity contribution in [2.24, 2.45) is 0 Å². The quantitative estimate of drug-likeness (QED) is 0.268. The fourth-order valence-electron chi connectivity index (χ4n) is 5.16. The Morgan fingerprint density at radius 2 is 1.44 bits per heavy atom. The van der Waals surface area contributed by atoms with Crippen LogP contribution in [0.4, 0.5) is 0 Å². The van der Waals surface area contributed by atoms with Gasteiger partial charge in [0, 0.05) is 33.3 Å². The Bertz CT molecular complexity index is 2070. The van der Waals surface area contributed by atoms with Gasteiger partial charge in [-0.15, -0.1) is 0 Å². The van der Waals surface area contributed by atoms with Crippen LogP contribution < -0.4 is 0 Å². The number of furan rings is 1. The molecule has 0 spiro atoms. The molecule has 0 fully saturated rings. The van der Waals surface area contributed by atoms with E-state index in [9.17, 15) is 10.5 Å². The van der Waals surface area contributed by atoms with Crippen LogP contribution in [0.1, 0.15) is 11.1 Å². The molecule has 5 nitrogen and oxygen atoms in total. The summed E-state index contributed by atoms with van der Waals surface area (Å²) >= 11 is 0. The second kappa shape index (κ2) is 7.56. The lowest BCUT2D eigenvalue weighted by atomic mass is 10.0. The number of benzene rings is 4. The summed E-state index contributed by atoms with van der Waals surface area (Å²) in [6, 6.07) is 34.0. The summed E-state index contributed by atoms with van der Waals surface area (Å²) in [5, 5.41) is 23.7. The number of fused-ring (bicyclic) bond motifs is 6. The molecule has 0 aliphatic carbocycles. The molecule has 0 radical (unpaired) electrons. The van der Waals surface area contributed by atoms with Crippen molar-refractivity contribution >= 4 is 43.7 Å². The third-order valence-electron chi connectivity index (χ3n) is 6.73. The average molecular weight is 460 g/mol. The second-order valence-electron chi connectivity index (χ2n) is 8.65. The highest BCUT2D eigenvalue weighted by Gasteiger charge is 2.22. The van der Waals surface area contributed by atoms with E-state index in [2.05, 4.69) is 27.8 Å². The largest absolute Gasteiger partial charge is 0.453 e. The van der Waals surface area contributed by atoms with Gasteiger partial charge in [0.25, 0.3) is 0 Å². The lowest BCUT2D eigenvalue weighted by Gasteiger charge is -2.10.